The number of hydrogen-bond acceptors (Lipinski definition) is 2. The van der Waals surface area contributed by atoms with Gasteiger partial charge in [-0.3, -0.25) is 4.79 Å². The molecule has 0 spiro atoms. The molecule has 0 bridgehead atoms. The number of hydrogen-bond donors (Lipinski definition) is 1. The minimum atomic E-state index is 0.0534. The lowest BCUT2D eigenvalue weighted by Crippen LogP contribution is -2.44. The van der Waals surface area contributed by atoms with Gasteiger partial charge < -0.3 is 10.2 Å². The van der Waals surface area contributed by atoms with Crippen molar-refractivity contribution in [2.75, 3.05) is 10.2 Å². The lowest BCUT2D eigenvalue weighted by Gasteiger charge is -2.40. The van der Waals surface area contributed by atoms with E-state index in [0.29, 0.717) is 0 Å². The number of benzene rings is 3. The number of carbonyl (C=O) groups excluding carboxylic acids is 1. The summed E-state index contributed by atoms with van der Waals surface area (Å²) in [5, 5.41) is 3.64. The number of nitrogens with one attached hydrogen (secondary N) is 1. The Kier molecular flexibility index (Phi) is 4.99. The molecule has 27 heavy (non-hydrogen) atoms. The van der Waals surface area contributed by atoms with Crippen LogP contribution in [-0.2, 0) is 0 Å². The molecule has 4 rings (SSSR count). The quantitative estimate of drug-likeness (QED) is 0.559. The number of fused-ring (bicyclic) bond motifs is 1. The van der Waals surface area contributed by atoms with E-state index in [9.17, 15) is 4.79 Å². The van der Waals surface area contributed by atoms with E-state index in [2.05, 4.69) is 46.4 Å². The predicted octanol–water partition coefficient (Wildman–Crippen LogP) is 6.04. The lowest BCUT2D eigenvalue weighted by molar-refractivity contribution is 0.0974. The standard InChI is InChI=1S/C23H21BrN2O/c1-16-15-21(25-19-13-11-18(24)12-14-19)20-9-5-6-10-22(20)26(16)23(27)17-7-3-2-4-8-17/h2-14,16,21,25H,15H2,1H3/t16-,21-/m1/s1. The van der Waals surface area contributed by atoms with Gasteiger partial charge in [-0.2, -0.15) is 0 Å². The van der Waals surface area contributed by atoms with Crippen molar-refractivity contribution in [1.29, 1.82) is 0 Å². The zero-order valence-electron chi connectivity index (χ0n) is 15.1. The summed E-state index contributed by atoms with van der Waals surface area (Å²) in [6.07, 6.45) is 0.853. The molecular formula is C23H21BrN2O. The van der Waals surface area contributed by atoms with Gasteiger partial charge in [-0.1, -0.05) is 52.3 Å². The Bertz CT molecular complexity index is 940. The first-order valence-corrected chi connectivity index (χ1v) is 9.92. The number of nitrogens with zero attached hydrogens (tertiary/aromatic N) is 1. The van der Waals surface area contributed by atoms with Crippen molar-refractivity contribution in [3.05, 3.63) is 94.5 Å². The Morgan fingerprint density at radius 3 is 2.37 bits per heavy atom. The number of carbonyl (C=O) groups is 1. The molecule has 3 aromatic rings. The fourth-order valence-electron chi connectivity index (χ4n) is 3.73. The largest absolute Gasteiger partial charge is 0.378 e. The Labute approximate surface area is 168 Å². The molecule has 2 atom stereocenters. The van der Waals surface area contributed by atoms with Crippen molar-refractivity contribution >= 4 is 33.2 Å². The molecule has 0 aromatic heterocycles. The number of amides is 1. The molecule has 136 valence electrons. The average Bonchev–Trinajstić information content (AvgIpc) is 2.70. The van der Waals surface area contributed by atoms with E-state index in [1.54, 1.807) is 0 Å². The van der Waals surface area contributed by atoms with Crippen molar-refractivity contribution in [3.63, 3.8) is 0 Å². The molecule has 1 amide bonds. The predicted molar refractivity (Wildman–Crippen MR) is 114 cm³/mol. The fraction of sp³-hybridized carbons (Fsp3) is 0.174. The SMILES string of the molecule is C[C@@H]1C[C@@H](Nc2ccc(Br)cc2)c2ccccc2N1C(=O)c1ccccc1. The second-order valence-corrected chi connectivity index (χ2v) is 7.80. The van der Waals surface area contributed by atoms with E-state index in [0.717, 1.165) is 33.4 Å². The molecule has 0 aliphatic carbocycles. The van der Waals surface area contributed by atoms with E-state index in [-0.39, 0.29) is 18.0 Å². The summed E-state index contributed by atoms with van der Waals surface area (Å²) in [7, 11) is 0. The van der Waals surface area contributed by atoms with Crippen molar-refractivity contribution in [3.8, 4) is 0 Å². The molecule has 1 aliphatic heterocycles. The minimum Gasteiger partial charge on any atom is -0.378 e. The normalized spacial score (nSPS) is 18.7. The van der Waals surface area contributed by atoms with Crippen LogP contribution in [0.25, 0.3) is 0 Å². The maximum absolute atomic E-state index is 13.2. The van der Waals surface area contributed by atoms with Crippen LogP contribution in [0.2, 0.25) is 0 Å². The monoisotopic (exact) mass is 420 g/mol. The van der Waals surface area contributed by atoms with Crippen LogP contribution in [0.15, 0.2) is 83.3 Å². The van der Waals surface area contributed by atoms with Crippen LogP contribution in [-0.4, -0.2) is 11.9 Å². The summed E-state index contributed by atoms with van der Waals surface area (Å²) in [5.41, 5.74) is 3.94. The highest BCUT2D eigenvalue weighted by Crippen LogP contribution is 2.39. The molecule has 4 heteroatoms. The van der Waals surface area contributed by atoms with E-state index < -0.39 is 0 Å². The van der Waals surface area contributed by atoms with Crippen LogP contribution in [0.1, 0.15) is 35.3 Å². The third kappa shape index (κ3) is 3.62. The maximum atomic E-state index is 13.2. The molecule has 0 radical (unpaired) electrons. The Morgan fingerprint density at radius 2 is 1.63 bits per heavy atom. The molecule has 3 aromatic carbocycles. The van der Waals surface area contributed by atoms with Gasteiger partial charge in [-0.15, -0.1) is 0 Å². The van der Waals surface area contributed by atoms with Gasteiger partial charge in [0.2, 0.25) is 0 Å². The first-order chi connectivity index (χ1) is 13.1. The van der Waals surface area contributed by atoms with Crippen LogP contribution in [0.5, 0.6) is 0 Å². The van der Waals surface area contributed by atoms with E-state index in [1.807, 2.05) is 65.6 Å². The van der Waals surface area contributed by atoms with Gasteiger partial charge in [0.25, 0.3) is 5.91 Å². The first kappa shape index (κ1) is 17.8. The Morgan fingerprint density at radius 1 is 0.963 bits per heavy atom. The zero-order valence-corrected chi connectivity index (χ0v) is 16.7. The van der Waals surface area contributed by atoms with Crippen molar-refractivity contribution in [1.82, 2.24) is 0 Å². The van der Waals surface area contributed by atoms with Crippen LogP contribution < -0.4 is 10.2 Å². The van der Waals surface area contributed by atoms with Gasteiger partial charge in [-0.05, 0) is 61.4 Å². The topological polar surface area (TPSA) is 32.3 Å². The van der Waals surface area contributed by atoms with Crippen LogP contribution in [0.3, 0.4) is 0 Å². The van der Waals surface area contributed by atoms with E-state index >= 15 is 0 Å². The molecular weight excluding hydrogens is 400 g/mol. The van der Waals surface area contributed by atoms with Crippen molar-refractivity contribution in [2.24, 2.45) is 0 Å². The molecule has 1 N–H and O–H groups in total. The third-order valence-electron chi connectivity index (χ3n) is 5.01. The highest BCUT2D eigenvalue weighted by molar-refractivity contribution is 9.10. The maximum Gasteiger partial charge on any atom is 0.258 e. The second kappa shape index (κ2) is 7.57. The molecule has 3 nitrogen and oxygen atoms in total. The van der Waals surface area contributed by atoms with Gasteiger partial charge in [-0.25, -0.2) is 0 Å². The molecule has 1 heterocycles. The highest BCUT2D eigenvalue weighted by atomic mass is 79.9. The summed E-state index contributed by atoms with van der Waals surface area (Å²) in [6, 6.07) is 26.2. The third-order valence-corrected chi connectivity index (χ3v) is 5.54. The molecule has 0 unspecified atom stereocenters. The minimum absolute atomic E-state index is 0.0534. The van der Waals surface area contributed by atoms with E-state index in [4.69, 9.17) is 0 Å². The van der Waals surface area contributed by atoms with Gasteiger partial charge in [0.1, 0.15) is 0 Å². The lowest BCUT2D eigenvalue weighted by atomic mass is 9.90. The van der Waals surface area contributed by atoms with Gasteiger partial charge in [0, 0.05) is 27.5 Å². The van der Waals surface area contributed by atoms with Gasteiger partial charge in [0.15, 0.2) is 0 Å². The summed E-state index contributed by atoms with van der Waals surface area (Å²) >= 11 is 3.48. The Balaban J connectivity index is 1.68. The number of halogens is 1. The summed E-state index contributed by atoms with van der Waals surface area (Å²) < 4.78 is 1.06. The fourth-order valence-corrected chi connectivity index (χ4v) is 3.99. The van der Waals surface area contributed by atoms with Crippen LogP contribution in [0.4, 0.5) is 11.4 Å². The second-order valence-electron chi connectivity index (χ2n) is 6.89. The summed E-state index contributed by atoms with van der Waals surface area (Å²) in [5.74, 6) is 0.0534. The van der Waals surface area contributed by atoms with Gasteiger partial charge in [0.05, 0.1) is 6.04 Å². The summed E-state index contributed by atoms with van der Waals surface area (Å²) in [4.78, 5) is 15.1. The molecule has 0 saturated heterocycles. The van der Waals surface area contributed by atoms with Crippen molar-refractivity contribution in [2.45, 2.75) is 25.4 Å². The number of para-hydroxylation sites is 1. The average molecular weight is 421 g/mol. The summed E-state index contributed by atoms with van der Waals surface area (Å²) in [6.45, 7) is 2.12. The Hall–Kier alpha value is -2.59. The number of rotatable bonds is 3. The molecule has 0 fully saturated rings. The smallest absolute Gasteiger partial charge is 0.258 e. The highest BCUT2D eigenvalue weighted by Gasteiger charge is 2.33. The molecule has 0 saturated carbocycles. The van der Waals surface area contributed by atoms with Crippen LogP contribution in [0, 0.1) is 0 Å². The van der Waals surface area contributed by atoms with Crippen molar-refractivity contribution < 1.29 is 4.79 Å². The van der Waals surface area contributed by atoms with E-state index in [1.165, 1.54) is 0 Å². The molecule has 1 aliphatic rings. The van der Waals surface area contributed by atoms with Crippen LogP contribution >= 0.6 is 15.9 Å². The zero-order chi connectivity index (χ0) is 18.8. The first-order valence-electron chi connectivity index (χ1n) is 9.13. The number of anilines is 2. The van der Waals surface area contributed by atoms with Gasteiger partial charge >= 0.3 is 0 Å².